The largest absolute Gasteiger partial charge is 0.452 e. The Balaban J connectivity index is 2.22. The molecule has 0 bridgehead atoms. The Kier molecular flexibility index (Phi) is 6.18. The standard InChI is InChI=1S/C16H13F2N3O3S/c1-2-25-16(23)21-20-15(22)9-3-5-12(19)14(7-9)24-13-6-4-10(17)8-11(13)18/h3-8H,2,19H2,1H3. The van der Waals surface area contributed by atoms with Crippen molar-refractivity contribution in [3.63, 3.8) is 0 Å². The Hall–Kier alpha value is -2.81. The normalized spacial score (nSPS) is 10.8. The summed E-state index contributed by atoms with van der Waals surface area (Å²) in [6, 6.07) is 6.74. The van der Waals surface area contributed by atoms with Crippen LogP contribution < -0.4 is 10.5 Å². The van der Waals surface area contributed by atoms with Crippen LogP contribution in [0.3, 0.4) is 0 Å². The first kappa shape index (κ1) is 18.5. The second kappa shape index (κ2) is 8.34. The van der Waals surface area contributed by atoms with Gasteiger partial charge in [0.15, 0.2) is 17.3 Å². The minimum atomic E-state index is -0.919. The van der Waals surface area contributed by atoms with Crippen molar-refractivity contribution in [3.8, 4) is 11.5 Å². The van der Waals surface area contributed by atoms with Crippen LogP contribution in [0.1, 0.15) is 17.3 Å². The van der Waals surface area contributed by atoms with Crippen molar-refractivity contribution in [2.24, 2.45) is 10.2 Å². The van der Waals surface area contributed by atoms with Gasteiger partial charge in [-0.15, -0.1) is 5.11 Å². The van der Waals surface area contributed by atoms with Gasteiger partial charge in [-0.1, -0.05) is 23.8 Å². The fraction of sp³-hybridized carbons (Fsp3) is 0.125. The van der Waals surface area contributed by atoms with Crippen LogP contribution in [0.25, 0.3) is 0 Å². The van der Waals surface area contributed by atoms with Gasteiger partial charge in [0.05, 0.1) is 5.69 Å². The number of nitrogens with zero attached hydrogens (tertiary/aromatic N) is 2. The van der Waals surface area contributed by atoms with E-state index in [4.69, 9.17) is 10.5 Å². The highest BCUT2D eigenvalue weighted by Gasteiger charge is 2.13. The fourth-order valence-corrected chi connectivity index (χ4v) is 2.07. The molecule has 2 amide bonds. The Morgan fingerprint density at radius 3 is 2.56 bits per heavy atom. The summed E-state index contributed by atoms with van der Waals surface area (Å²) in [6.45, 7) is 1.76. The van der Waals surface area contributed by atoms with Crippen LogP contribution in [0.2, 0.25) is 0 Å². The molecule has 0 radical (unpaired) electrons. The van der Waals surface area contributed by atoms with Crippen LogP contribution in [0.4, 0.5) is 19.3 Å². The van der Waals surface area contributed by atoms with Crippen molar-refractivity contribution in [2.75, 3.05) is 11.5 Å². The molecule has 130 valence electrons. The number of rotatable bonds is 4. The third kappa shape index (κ3) is 5.08. The number of ether oxygens (including phenoxy) is 1. The van der Waals surface area contributed by atoms with Gasteiger partial charge in [0.25, 0.3) is 5.91 Å². The highest BCUT2D eigenvalue weighted by Crippen LogP contribution is 2.30. The lowest BCUT2D eigenvalue weighted by molar-refractivity contribution is 0.0994. The molecule has 2 aromatic carbocycles. The molecule has 0 aliphatic heterocycles. The van der Waals surface area contributed by atoms with E-state index in [9.17, 15) is 18.4 Å². The summed E-state index contributed by atoms with van der Waals surface area (Å²) in [5.74, 6) is -2.21. The predicted octanol–water partition coefficient (Wildman–Crippen LogP) is 4.80. The summed E-state index contributed by atoms with van der Waals surface area (Å²) in [7, 11) is 0. The molecule has 0 saturated carbocycles. The number of carbonyl (C=O) groups is 2. The van der Waals surface area contributed by atoms with E-state index < -0.39 is 22.8 Å². The second-order valence-electron chi connectivity index (χ2n) is 4.63. The van der Waals surface area contributed by atoms with E-state index in [1.165, 1.54) is 18.2 Å². The Morgan fingerprint density at radius 2 is 1.88 bits per heavy atom. The van der Waals surface area contributed by atoms with Crippen LogP contribution >= 0.6 is 11.8 Å². The zero-order valence-corrected chi connectivity index (χ0v) is 13.8. The number of benzene rings is 2. The fourth-order valence-electron chi connectivity index (χ4n) is 1.73. The van der Waals surface area contributed by atoms with E-state index in [0.29, 0.717) is 11.8 Å². The first-order valence-corrected chi connectivity index (χ1v) is 8.04. The minimum Gasteiger partial charge on any atom is -0.452 e. The molecule has 0 aliphatic carbocycles. The van der Waals surface area contributed by atoms with E-state index in [0.717, 1.165) is 23.9 Å². The highest BCUT2D eigenvalue weighted by molar-refractivity contribution is 8.13. The lowest BCUT2D eigenvalue weighted by atomic mass is 10.2. The number of anilines is 1. The number of azo groups is 1. The zero-order valence-electron chi connectivity index (χ0n) is 13.0. The van der Waals surface area contributed by atoms with Crippen LogP contribution in [0, 0.1) is 11.6 Å². The number of nitrogen functional groups attached to an aromatic ring is 1. The van der Waals surface area contributed by atoms with Crippen molar-refractivity contribution >= 4 is 28.6 Å². The number of hydrogen-bond donors (Lipinski definition) is 1. The summed E-state index contributed by atoms with van der Waals surface area (Å²) in [5, 5.41) is 6.00. The first-order chi connectivity index (χ1) is 11.9. The summed E-state index contributed by atoms with van der Waals surface area (Å²) in [6.07, 6.45) is 0. The van der Waals surface area contributed by atoms with Crippen molar-refractivity contribution in [2.45, 2.75) is 6.92 Å². The van der Waals surface area contributed by atoms with E-state index >= 15 is 0 Å². The van der Waals surface area contributed by atoms with E-state index in [2.05, 4.69) is 10.2 Å². The molecule has 2 N–H and O–H groups in total. The molecule has 2 rings (SSSR count). The Bertz CT molecular complexity index is 843. The maximum absolute atomic E-state index is 13.7. The smallest absolute Gasteiger partial charge is 0.323 e. The molecule has 0 unspecified atom stereocenters. The van der Waals surface area contributed by atoms with Gasteiger partial charge in [-0.25, -0.2) is 8.78 Å². The molecule has 0 saturated heterocycles. The zero-order chi connectivity index (χ0) is 18.4. The molecule has 2 aromatic rings. The van der Waals surface area contributed by atoms with Crippen molar-refractivity contribution in [3.05, 3.63) is 53.6 Å². The van der Waals surface area contributed by atoms with Gasteiger partial charge >= 0.3 is 5.24 Å². The molecular weight excluding hydrogens is 352 g/mol. The maximum atomic E-state index is 13.7. The summed E-state index contributed by atoms with van der Waals surface area (Å²) in [4.78, 5) is 23.2. The third-order valence-corrected chi connectivity index (χ3v) is 3.48. The molecule has 0 atom stereocenters. The number of amides is 2. The maximum Gasteiger partial charge on any atom is 0.323 e. The molecule has 0 fully saturated rings. The first-order valence-electron chi connectivity index (χ1n) is 7.06. The Labute approximate surface area is 146 Å². The summed E-state index contributed by atoms with van der Waals surface area (Å²) in [5.41, 5.74) is 5.92. The molecule has 6 nitrogen and oxygen atoms in total. The van der Waals surface area contributed by atoms with Crippen molar-refractivity contribution < 1.29 is 23.1 Å². The Morgan fingerprint density at radius 1 is 1.12 bits per heavy atom. The number of thioether (sulfide) groups is 1. The quantitative estimate of drug-likeness (QED) is 0.620. The molecule has 0 heterocycles. The van der Waals surface area contributed by atoms with E-state index in [1.54, 1.807) is 6.92 Å². The minimum absolute atomic E-state index is 0.0131. The number of nitrogens with two attached hydrogens (primary N) is 1. The van der Waals surface area contributed by atoms with Crippen LogP contribution in [0.15, 0.2) is 46.6 Å². The van der Waals surface area contributed by atoms with Gasteiger partial charge in [-0.05, 0) is 36.1 Å². The molecule has 0 spiro atoms. The van der Waals surface area contributed by atoms with E-state index in [-0.39, 0.29) is 22.7 Å². The number of halogens is 2. The van der Waals surface area contributed by atoms with Gasteiger partial charge in [0.1, 0.15) is 5.82 Å². The SMILES string of the molecule is CCSC(=O)N=NC(=O)c1ccc(N)c(Oc2ccc(F)cc2F)c1. The monoisotopic (exact) mass is 365 g/mol. The van der Waals surface area contributed by atoms with E-state index in [1.807, 2.05) is 0 Å². The van der Waals surface area contributed by atoms with Gasteiger partial charge in [-0.2, -0.15) is 0 Å². The van der Waals surface area contributed by atoms with Crippen LogP contribution in [0.5, 0.6) is 11.5 Å². The third-order valence-electron chi connectivity index (χ3n) is 2.86. The highest BCUT2D eigenvalue weighted by atomic mass is 32.2. The van der Waals surface area contributed by atoms with Gasteiger partial charge in [0.2, 0.25) is 0 Å². The lowest BCUT2D eigenvalue weighted by Gasteiger charge is -2.10. The average molecular weight is 365 g/mol. The summed E-state index contributed by atoms with van der Waals surface area (Å²) < 4.78 is 31.9. The number of hydrogen-bond acceptors (Lipinski definition) is 5. The molecule has 0 aromatic heterocycles. The predicted molar refractivity (Wildman–Crippen MR) is 90.0 cm³/mol. The molecule has 0 aliphatic rings. The number of carbonyl (C=O) groups excluding carboxylic acids is 2. The van der Waals surface area contributed by atoms with Gasteiger partial charge in [-0.3, -0.25) is 9.59 Å². The molecular formula is C16H13F2N3O3S. The van der Waals surface area contributed by atoms with Crippen molar-refractivity contribution in [1.29, 1.82) is 0 Å². The molecule has 9 heteroatoms. The topological polar surface area (TPSA) is 94.1 Å². The average Bonchev–Trinajstić information content (AvgIpc) is 2.57. The second-order valence-corrected chi connectivity index (χ2v) is 5.85. The van der Waals surface area contributed by atoms with Crippen LogP contribution in [-0.4, -0.2) is 16.9 Å². The van der Waals surface area contributed by atoms with Crippen molar-refractivity contribution in [1.82, 2.24) is 0 Å². The van der Waals surface area contributed by atoms with Gasteiger partial charge < -0.3 is 10.5 Å². The van der Waals surface area contributed by atoms with Crippen LogP contribution in [-0.2, 0) is 0 Å². The summed E-state index contributed by atoms with van der Waals surface area (Å²) >= 11 is 0.910. The van der Waals surface area contributed by atoms with Gasteiger partial charge in [0, 0.05) is 11.6 Å². The lowest BCUT2D eigenvalue weighted by Crippen LogP contribution is -1.99. The molecule has 25 heavy (non-hydrogen) atoms.